The molecule has 0 unspecified atom stereocenters. The minimum absolute atomic E-state index is 0.938. The summed E-state index contributed by atoms with van der Waals surface area (Å²) in [6.07, 6.45) is 5.50. The lowest BCUT2D eigenvalue weighted by Gasteiger charge is -2.26. The van der Waals surface area contributed by atoms with Crippen LogP contribution in [0.4, 0.5) is 0 Å². The fourth-order valence-electron chi connectivity index (χ4n) is 1.59. The molecule has 0 saturated carbocycles. The number of unbranched alkanes of at least 4 members (excludes halogenated alkanes) is 3. The molecule has 15 heavy (non-hydrogen) atoms. The second-order valence-corrected chi connectivity index (χ2v) is 3.74. The number of hydrogen-bond acceptors (Lipinski definition) is 3. The molecule has 1 aliphatic rings. The highest BCUT2D eigenvalue weighted by Crippen LogP contribution is 2.03. The zero-order valence-corrected chi connectivity index (χ0v) is 10.2. The topological polar surface area (TPSA) is 36.3 Å². The maximum Gasteiger partial charge on any atom is 0.0594 e. The first-order chi connectivity index (χ1) is 7.35. The van der Waals surface area contributed by atoms with Gasteiger partial charge in [0, 0.05) is 20.0 Å². The SMILES string of the molecule is CC#N.CCCCCCN1CCOCC1. The number of hydrogen-bond donors (Lipinski definition) is 0. The molecule has 0 aromatic heterocycles. The van der Waals surface area contributed by atoms with Gasteiger partial charge >= 0.3 is 0 Å². The number of nitriles is 1. The van der Waals surface area contributed by atoms with Crippen molar-refractivity contribution in [2.24, 2.45) is 0 Å². The van der Waals surface area contributed by atoms with Crippen LogP contribution >= 0.6 is 0 Å². The molecule has 1 aliphatic heterocycles. The minimum Gasteiger partial charge on any atom is -0.379 e. The van der Waals surface area contributed by atoms with Gasteiger partial charge in [0.05, 0.1) is 19.3 Å². The molecule has 1 saturated heterocycles. The van der Waals surface area contributed by atoms with Crippen LogP contribution in [0.15, 0.2) is 0 Å². The Morgan fingerprint density at radius 2 is 1.80 bits per heavy atom. The summed E-state index contributed by atoms with van der Waals surface area (Å²) in [5.74, 6) is 0. The van der Waals surface area contributed by atoms with E-state index in [2.05, 4.69) is 11.8 Å². The van der Waals surface area contributed by atoms with Gasteiger partial charge in [0.2, 0.25) is 0 Å². The van der Waals surface area contributed by atoms with Crippen molar-refractivity contribution >= 4 is 0 Å². The molecule has 0 N–H and O–H groups in total. The van der Waals surface area contributed by atoms with E-state index < -0.39 is 0 Å². The van der Waals surface area contributed by atoms with Crippen LogP contribution in [-0.4, -0.2) is 37.7 Å². The largest absolute Gasteiger partial charge is 0.379 e. The van der Waals surface area contributed by atoms with E-state index in [1.165, 1.54) is 39.2 Å². The Balaban J connectivity index is 0.000000583. The summed E-state index contributed by atoms with van der Waals surface area (Å²) in [5.41, 5.74) is 0. The van der Waals surface area contributed by atoms with Crippen LogP contribution in [0.5, 0.6) is 0 Å². The Morgan fingerprint density at radius 3 is 2.33 bits per heavy atom. The summed E-state index contributed by atoms with van der Waals surface area (Å²) in [6, 6.07) is 1.75. The first-order valence-corrected chi connectivity index (χ1v) is 5.96. The van der Waals surface area contributed by atoms with Gasteiger partial charge in [-0.1, -0.05) is 26.2 Å². The second kappa shape index (κ2) is 11.5. The normalized spacial score (nSPS) is 16.3. The Kier molecular flexibility index (Phi) is 11.0. The van der Waals surface area contributed by atoms with Crippen molar-refractivity contribution in [1.82, 2.24) is 4.90 Å². The van der Waals surface area contributed by atoms with E-state index in [4.69, 9.17) is 10.00 Å². The summed E-state index contributed by atoms with van der Waals surface area (Å²) < 4.78 is 5.29. The van der Waals surface area contributed by atoms with E-state index in [1.807, 2.05) is 0 Å². The summed E-state index contributed by atoms with van der Waals surface area (Å²) >= 11 is 0. The molecule has 0 spiro atoms. The maximum atomic E-state index is 7.32. The van der Waals surface area contributed by atoms with E-state index in [0.717, 1.165) is 26.3 Å². The van der Waals surface area contributed by atoms with Crippen LogP contribution in [0.3, 0.4) is 0 Å². The highest BCUT2D eigenvalue weighted by molar-refractivity contribution is 4.61. The maximum absolute atomic E-state index is 7.32. The monoisotopic (exact) mass is 212 g/mol. The Morgan fingerprint density at radius 1 is 1.20 bits per heavy atom. The molecule has 1 rings (SSSR count). The molecule has 0 atom stereocenters. The van der Waals surface area contributed by atoms with Gasteiger partial charge in [0.25, 0.3) is 0 Å². The van der Waals surface area contributed by atoms with E-state index in [9.17, 15) is 0 Å². The lowest BCUT2D eigenvalue weighted by Crippen LogP contribution is -2.36. The van der Waals surface area contributed by atoms with E-state index in [-0.39, 0.29) is 0 Å². The average molecular weight is 212 g/mol. The second-order valence-electron chi connectivity index (χ2n) is 3.74. The third kappa shape index (κ3) is 9.71. The minimum atomic E-state index is 0.938. The lowest BCUT2D eigenvalue weighted by molar-refractivity contribution is 0.0371. The molecule has 0 aromatic carbocycles. The van der Waals surface area contributed by atoms with Gasteiger partial charge in [0.15, 0.2) is 0 Å². The van der Waals surface area contributed by atoms with Crippen molar-refractivity contribution in [3.05, 3.63) is 0 Å². The highest BCUT2D eigenvalue weighted by Gasteiger charge is 2.08. The molecule has 1 heterocycles. The predicted octanol–water partition coefficient (Wildman–Crippen LogP) is 2.43. The molecule has 0 aliphatic carbocycles. The van der Waals surface area contributed by atoms with Crippen molar-refractivity contribution in [3.63, 3.8) is 0 Å². The summed E-state index contributed by atoms with van der Waals surface area (Å²) in [4.78, 5) is 2.51. The third-order valence-electron chi connectivity index (χ3n) is 2.43. The fourth-order valence-corrected chi connectivity index (χ4v) is 1.59. The number of nitrogens with zero attached hydrogens (tertiary/aromatic N) is 2. The molecule has 3 nitrogen and oxygen atoms in total. The average Bonchev–Trinajstić information content (AvgIpc) is 2.27. The van der Waals surface area contributed by atoms with Crippen LogP contribution in [0.25, 0.3) is 0 Å². The number of ether oxygens (including phenoxy) is 1. The highest BCUT2D eigenvalue weighted by atomic mass is 16.5. The molecule has 88 valence electrons. The van der Waals surface area contributed by atoms with Crippen molar-refractivity contribution in [3.8, 4) is 6.07 Å². The number of morpholine rings is 1. The zero-order chi connectivity index (χ0) is 11.4. The predicted molar refractivity (Wildman–Crippen MR) is 62.7 cm³/mol. The molecule has 0 amide bonds. The molecule has 3 heteroatoms. The molecule has 0 radical (unpaired) electrons. The molecule has 0 bridgehead atoms. The molecule has 1 fully saturated rings. The van der Waals surface area contributed by atoms with Gasteiger partial charge in [0.1, 0.15) is 0 Å². The van der Waals surface area contributed by atoms with Crippen LogP contribution < -0.4 is 0 Å². The summed E-state index contributed by atoms with van der Waals surface area (Å²) in [6.45, 7) is 9.14. The van der Waals surface area contributed by atoms with Gasteiger partial charge in [-0.15, -0.1) is 0 Å². The van der Waals surface area contributed by atoms with E-state index in [1.54, 1.807) is 6.07 Å². The zero-order valence-electron chi connectivity index (χ0n) is 10.2. The Hall–Kier alpha value is -0.590. The fraction of sp³-hybridized carbons (Fsp3) is 0.917. The van der Waals surface area contributed by atoms with Crippen molar-refractivity contribution in [2.75, 3.05) is 32.8 Å². The number of rotatable bonds is 5. The van der Waals surface area contributed by atoms with E-state index in [0.29, 0.717) is 0 Å². The first kappa shape index (κ1) is 14.4. The van der Waals surface area contributed by atoms with Crippen molar-refractivity contribution in [1.29, 1.82) is 5.26 Å². The molecule has 0 aromatic rings. The quantitative estimate of drug-likeness (QED) is 0.657. The molecular weight excluding hydrogens is 188 g/mol. The Labute approximate surface area is 94.0 Å². The summed E-state index contributed by atoms with van der Waals surface area (Å²) in [7, 11) is 0. The Bertz CT molecular complexity index is 159. The lowest BCUT2D eigenvalue weighted by atomic mass is 10.2. The van der Waals surface area contributed by atoms with Crippen molar-refractivity contribution in [2.45, 2.75) is 39.5 Å². The van der Waals surface area contributed by atoms with Gasteiger partial charge < -0.3 is 4.74 Å². The van der Waals surface area contributed by atoms with Gasteiger partial charge in [-0.05, 0) is 13.0 Å². The van der Waals surface area contributed by atoms with Crippen LogP contribution in [0.2, 0.25) is 0 Å². The van der Waals surface area contributed by atoms with Crippen molar-refractivity contribution < 1.29 is 4.74 Å². The van der Waals surface area contributed by atoms with Crippen LogP contribution in [0.1, 0.15) is 39.5 Å². The van der Waals surface area contributed by atoms with E-state index >= 15 is 0 Å². The smallest absolute Gasteiger partial charge is 0.0594 e. The third-order valence-corrected chi connectivity index (χ3v) is 2.43. The van der Waals surface area contributed by atoms with Crippen LogP contribution in [0, 0.1) is 11.3 Å². The first-order valence-electron chi connectivity index (χ1n) is 5.96. The standard InChI is InChI=1S/C10H21NO.C2H3N/c1-2-3-4-5-6-11-7-9-12-10-8-11;1-2-3/h2-10H2,1H3;1H3. The summed E-state index contributed by atoms with van der Waals surface area (Å²) in [5, 5.41) is 7.32. The van der Waals surface area contributed by atoms with Gasteiger partial charge in [-0.2, -0.15) is 5.26 Å². The van der Waals surface area contributed by atoms with Gasteiger partial charge in [-0.3, -0.25) is 4.90 Å². The van der Waals surface area contributed by atoms with Gasteiger partial charge in [-0.25, -0.2) is 0 Å². The molecular formula is C12H24N2O. The van der Waals surface area contributed by atoms with Crippen LogP contribution in [-0.2, 0) is 4.74 Å².